The highest BCUT2D eigenvalue weighted by molar-refractivity contribution is 5.33. The zero-order valence-corrected chi connectivity index (χ0v) is 10.9. The molecule has 1 aliphatic heterocycles. The van der Waals surface area contributed by atoms with Gasteiger partial charge in [-0.2, -0.15) is 10.4 Å². The van der Waals surface area contributed by atoms with Gasteiger partial charge in [0.1, 0.15) is 6.07 Å². The molecule has 92 valence electrons. The number of nitrogens with one attached hydrogen (secondary N) is 1. The van der Waals surface area contributed by atoms with E-state index in [1.807, 2.05) is 0 Å². The monoisotopic (exact) mass is 233 g/mol. The number of nitrogens with zero attached hydrogens (tertiary/aromatic N) is 2. The number of ether oxygens (including phenoxy) is 1. The average molecular weight is 233 g/mol. The van der Waals surface area contributed by atoms with Crippen molar-refractivity contribution in [3.05, 3.63) is 17.5 Å². The Kier molecular flexibility index (Phi) is 2.75. The second-order valence-corrected chi connectivity index (χ2v) is 6.04. The van der Waals surface area contributed by atoms with Crippen LogP contribution in [0.2, 0.25) is 0 Å². The summed E-state index contributed by atoms with van der Waals surface area (Å²) in [6.45, 7) is 8.40. The van der Waals surface area contributed by atoms with E-state index in [0.29, 0.717) is 11.5 Å². The Morgan fingerprint density at radius 3 is 2.47 bits per heavy atom. The van der Waals surface area contributed by atoms with Gasteiger partial charge in [0.25, 0.3) is 0 Å². The fourth-order valence-electron chi connectivity index (χ4n) is 2.99. The number of nitriles is 1. The quantitative estimate of drug-likeness (QED) is 0.811. The summed E-state index contributed by atoms with van der Waals surface area (Å²) in [4.78, 5) is 0. The second kappa shape index (κ2) is 3.85. The van der Waals surface area contributed by atoms with Crippen LogP contribution in [-0.2, 0) is 4.74 Å². The number of aromatic nitrogens is 2. The standard InChI is InChI=1S/C13H19N3O/c1-12(2)5-9(6-13(3,4)17-12)11-10(7-14)8-15-16-11/h8-9H,5-6H2,1-4H3,(H,15,16). The molecule has 1 N–H and O–H groups in total. The van der Waals surface area contributed by atoms with Crippen molar-refractivity contribution in [3.63, 3.8) is 0 Å². The number of H-pyrrole nitrogens is 1. The molecule has 0 unspecified atom stereocenters. The predicted octanol–water partition coefficient (Wildman–Crippen LogP) is 2.73. The van der Waals surface area contributed by atoms with Crippen LogP contribution < -0.4 is 0 Å². The molecule has 1 aromatic heterocycles. The maximum Gasteiger partial charge on any atom is 0.103 e. The molecule has 2 heterocycles. The molecule has 0 atom stereocenters. The summed E-state index contributed by atoms with van der Waals surface area (Å²) in [7, 11) is 0. The number of aromatic amines is 1. The van der Waals surface area contributed by atoms with Gasteiger partial charge >= 0.3 is 0 Å². The molecule has 0 spiro atoms. The Hall–Kier alpha value is -1.34. The Balaban J connectivity index is 2.31. The summed E-state index contributed by atoms with van der Waals surface area (Å²) in [5, 5.41) is 16.0. The van der Waals surface area contributed by atoms with Gasteiger partial charge < -0.3 is 4.74 Å². The molecule has 17 heavy (non-hydrogen) atoms. The molecule has 0 aliphatic carbocycles. The van der Waals surface area contributed by atoms with E-state index in [4.69, 9.17) is 10.00 Å². The lowest BCUT2D eigenvalue weighted by Crippen LogP contribution is -2.44. The minimum Gasteiger partial charge on any atom is -0.370 e. The van der Waals surface area contributed by atoms with Gasteiger partial charge in [-0.3, -0.25) is 5.10 Å². The molecule has 4 nitrogen and oxygen atoms in total. The van der Waals surface area contributed by atoms with Crippen molar-refractivity contribution in [2.75, 3.05) is 0 Å². The van der Waals surface area contributed by atoms with Crippen molar-refractivity contribution in [3.8, 4) is 6.07 Å². The molecule has 0 radical (unpaired) electrons. The van der Waals surface area contributed by atoms with Crippen molar-refractivity contribution in [1.29, 1.82) is 5.26 Å². The molecular weight excluding hydrogens is 214 g/mol. The molecule has 0 aromatic carbocycles. The van der Waals surface area contributed by atoms with Gasteiger partial charge in [-0.25, -0.2) is 0 Å². The third-order valence-corrected chi connectivity index (χ3v) is 3.23. The van der Waals surface area contributed by atoms with Crippen molar-refractivity contribution in [2.45, 2.75) is 57.7 Å². The molecule has 0 saturated carbocycles. The SMILES string of the molecule is CC1(C)CC(c2[nH]ncc2C#N)CC(C)(C)O1. The van der Waals surface area contributed by atoms with E-state index in [2.05, 4.69) is 44.0 Å². The number of rotatable bonds is 1. The maximum atomic E-state index is 9.06. The highest BCUT2D eigenvalue weighted by atomic mass is 16.5. The van der Waals surface area contributed by atoms with Crippen LogP contribution in [0.3, 0.4) is 0 Å². The Morgan fingerprint density at radius 1 is 1.35 bits per heavy atom. The van der Waals surface area contributed by atoms with Crippen LogP contribution in [0.5, 0.6) is 0 Å². The van der Waals surface area contributed by atoms with Crippen LogP contribution in [0.1, 0.15) is 57.7 Å². The highest BCUT2D eigenvalue weighted by Crippen LogP contribution is 2.43. The Labute approximate surface area is 102 Å². The van der Waals surface area contributed by atoms with Crippen molar-refractivity contribution in [1.82, 2.24) is 10.2 Å². The van der Waals surface area contributed by atoms with E-state index < -0.39 is 0 Å². The summed E-state index contributed by atoms with van der Waals surface area (Å²) in [6, 6.07) is 2.19. The van der Waals surface area contributed by atoms with E-state index in [1.54, 1.807) is 6.20 Å². The van der Waals surface area contributed by atoms with Gasteiger partial charge in [0.2, 0.25) is 0 Å². The third kappa shape index (κ3) is 2.50. The molecular formula is C13H19N3O. The number of hydrogen-bond acceptors (Lipinski definition) is 3. The summed E-state index contributed by atoms with van der Waals surface area (Å²) in [6.07, 6.45) is 3.42. The van der Waals surface area contributed by atoms with Crippen LogP contribution >= 0.6 is 0 Å². The Morgan fingerprint density at radius 2 is 1.94 bits per heavy atom. The van der Waals surface area contributed by atoms with Crippen LogP contribution in [0.15, 0.2) is 6.20 Å². The van der Waals surface area contributed by atoms with Crippen molar-refractivity contribution < 1.29 is 4.74 Å². The fraction of sp³-hybridized carbons (Fsp3) is 0.692. The summed E-state index contributed by atoms with van der Waals surface area (Å²) in [5.41, 5.74) is 1.29. The first-order chi connectivity index (χ1) is 7.83. The molecule has 0 bridgehead atoms. The van der Waals surface area contributed by atoms with E-state index >= 15 is 0 Å². The number of hydrogen-bond donors (Lipinski definition) is 1. The van der Waals surface area contributed by atoms with Crippen LogP contribution in [0, 0.1) is 11.3 Å². The van der Waals surface area contributed by atoms with Crippen LogP contribution in [-0.4, -0.2) is 21.4 Å². The lowest BCUT2D eigenvalue weighted by molar-refractivity contribution is -0.162. The lowest BCUT2D eigenvalue weighted by Gasteiger charge is -2.45. The fourth-order valence-corrected chi connectivity index (χ4v) is 2.99. The van der Waals surface area contributed by atoms with Crippen LogP contribution in [0.25, 0.3) is 0 Å². The van der Waals surface area contributed by atoms with E-state index in [9.17, 15) is 0 Å². The van der Waals surface area contributed by atoms with E-state index in [-0.39, 0.29) is 11.2 Å². The molecule has 4 heteroatoms. The van der Waals surface area contributed by atoms with E-state index in [1.165, 1.54) is 0 Å². The van der Waals surface area contributed by atoms with Gasteiger partial charge in [-0.1, -0.05) is 0 Å². The van der Waals surface area contributed by atoms with Gasteiger partial charge in [0.15, 0.2) is 0 Å². The predicted molar refractivity (Wildman–Crippen MR) is 64.5 cm³/mol. The summed E-state index contributed by atoms with van der Waals surface area (Å²) < 4.78 is 6.05. The molecule has 2 rings (SSSR count). The van der Waals surface area contributed by atoms with Gasteiger partial charge in [-0.05, 0) is 40.5 Å². The molecule has 1 aromatic rings. The zero-order valence-electron chi connectivity index (χ0n) is 10.9. The summed E-state index contributed by atoms with van der Waals surface area (Å²) >= 11 is 0. The zero-order chi connectivity index (χ0) is 12.7. The first-order valence-corrected chi connectivity index (χ1v) is 5.96. The molecule has 0 amide bonds. The first kappa shape index (κ1) is 12.1. The minimum absolute atomic E-state index is 0.162. The second-order valence-electron chi connectivity index (χ2n) is 6.04. The average Bonchev–Trinajstić information content (AvgIpc) is 2.59. The highest BCUT2D eigenvalue weighted by Gasteiger charge is 2.40. The molecule has 1 saturated heterocycles. The third-order valence-electron chi connectivity index (χ3n) is 3.23. The normalized spacial score (nSPS) is 23.2. The summed E-state index contributed by atoms with van der Waals surface area (Å²) in [5.74, 6) is 0.311. The van der Waals surface area contributed by atoms with Crippen LogP contribution in [0.4, 0.5) is 0 Å². The topological polar surface area (TPSA) is 61.7 Å². The van der Waals surface area contributed by atoms with Crippen molar-refractivity contribution in [2.24, 2.45) is 0 Å². The molecule has 1 aliphatic rings. The first-order valence-electron chi connectivity index (χ1n) is 5.96. The van der Waals surface area contributed by atoms with E-state index in [0.717, 1.165) is 18.5 Å². The van der Waals surface area contributed by atoms with Gasteiger partial charge in [-0.15, -0.1) is 0 Å². The maximum absolute atomic E-state index is 9.06. The van der Waals surface area contributed by atoms with Gasteiger partial charge in [0, 0.05) is 5.92 Å². The molecule has 1 fully saturated rings. The largest absolute Gasteiger partial charge is 0.370 e. The Bertz CT molecular complexity index is 437. The minimum atomic E-state index is -0.162. The van der Waals surface area contributed by atoms with Gasteiger partial charge in [0.05, 0.1) is 28.7 Å². The van der Waals surface area contributed by atoms with Crippen molar-refractivity contribution >= 4 is 0 Å². The smallest absolute Gasteiger partial charge is 0.103 e. The lowest BCUT2D eigenvalue weighted by atomic mass is 9.78.